The molecule has 5 rings (SSSR count). The molecule has 4 aromatic carbocycles. The van der Waals surface area contributed by atoms with Crippen molar-refractivity contribution in [1.82, 2.24) is 25.1 Å². The van der Waals surface area contributed by atoms with E-state index in [0.717, 1.165) is 24.3 Å². The van der Waals surface area contributed by atoms with Crippen LogP contribution in [0.3, 0.4) is 0 Å². The van der Waals surface area contributed by atoms with Gasteiger partial charge in [0.15, 0.2) is 0 Å². The fraction of sp³-hybridized carbons (Fsp3) is 0.351. The minimum atomic E-state index is -0.398. The van der Waals surface area contributed by atoms with Crippen molar-refractivity contribution in [2.24, 2.45) is 0 Å². The molecule has 0 atom stereocenters. The first kappa shape index (κ1) is 32.9. The highest BCUT2D eigenvalue weighted by molar-refractivity contribution is 7.71. The molecule has 8 nitrogen and oxygen atoms in total. The maximum absolute atomic E-state index is 13.4. The van der Waals surface area contributed by atoms with Gasteiger partial charge in [0, 0.05) is 22.9 Å². The number of phenolic OH excluding ortho intramolecular Hbond substituents is 1. The molecule has 5 aromatic rings. The molecular formula is C37H43N5O3S. The number of amides is 1. The number of fused-ring (bicyclic) bond motifs is 1. The molecule has 1 aromatic heterocycles. The lowest BCUT2D eigenvalue weighted by Gasteiger charge is -2.30. The molecule has 0 spiro atoms. The maximum atomic E-state index is 13.4. The Morgan fingerprint density at radius 1 is 0.870 bits per heavy atom. The van der Waals surface area contributed by atoms with Crippen LogP contribution in [0.5, 0.6) is 11.5 Å². The van der Waals surface area contributed by atoms with Gasteiger partial charge in [-0.25, -0.2) is 0 Å². The summed E-state index contributed by atoms with van der Waals surface area (Å²) in [6.07, 6.45) is 2.63. The quantitative estimate of drug-likeness (QED) is 0.106. The van der Waals surface area contributed by atoms with E-state index < -0.39 is 5.91 Å². The number of aromatic nitrogens is 4. The Morgan fingerprint density at radius 2 is 1.52 bits per heavy atom. The molecule has 0 saturated heterocycles. The van der Waals surface area contributed by atoms with Crippen LogP contribution >= 0.6 is 12.2 Å². The van der Waals surface area contributed by atoms with E-state index in [1.54, 1.807) is 16.8 Å². The SMILES string of the molecule is CCC(C)(C)c1ccc(OCCCNC(=O)c2cc(-n3nnn(-c4ccccc4)c3=S)c3ccccc3c2O)c(C(C)(C)CC)c1. The molecule has 0 fully saturated rings. The van der Waals surface area contributed by atoms with Gasteiger partial charge in [-0.15, -0.1) is 0 Å². The van der Waals surface area contributed by atoms with E-state index in [0.29, 0.717) is 40.8 Å². The Morgan fingerprint density at radius 3 is 2.22 bits per heavy atom. The highest BCUT2D eigenvalue weighted by Gasteiger charge is 2.27. The van der Waals surface area contributed by atoms with Crippen molar-refractivity contribution >= 4 is 28.9 Å². The third-order valence-corrected chi connectivity index (χ3v) is 9.52. The summed E-state index contributed by atoms with van der Waals surface area (Å²) in [6.45, 7) is 14.3. The topological polar surface area (TPSA) is 94.2 Å². The third-order valence-electron chi connectivity index (χ3n) is 9.17. The summed E-state index contributed by atoms with van der Waals surface area (Å²) in [5.41, 5.74) is 4.01. The van der Waals surface area contributed by atoms with Crippen molar-refractivity contribution < 1.29 is 14.6 Å². The minimum absolute atomic E-state index is 0.0377. The molecule has 1 heterocycles. The van der Waals surface area contributed by atoms with E-state index in [9.17, 15) is 9.90 Å². The second kappa shape index (κ2) is 13.5. The van der Waals surface area contributed by atoms with Crippen molar-refractivity contribution in [2.45, 2.75) is 71.6 Å². The van der Waals surface area contributed by atoms with Crippen LogP contribution in [0.15, 0.2) is 78.9 Å². The van der Waals surface area contributed by atoms with Gasteiger partial charge >= 0.3 is 0 Å². The molecule has 0 saturated carbocycles. The highest BCUT2D eigenvalue weighted by atomic mass is 32.1. The number of para-hydroxylation sites is 1. The molecule has 240 valence electrons. The minimum Gasteiger partial charge on any atom is -0.506 e. The number of phenols is 1. The lowest BCUT2D eigenvalue weighted by Crippen LogP contribution is -2.26. The van der Waals surface area contributed by atoms with Crippen molar-refractivity contribution in [2.75, 3.05) is 13.2 Å². The van der Waals surface area contributed by atoms with Crippen molar-refractivity contribution in [1.29, 1.82) is 0 Å². The third kappa shape index (κ3) is 6.56. The first-order valence-electron chi connectivity index (χ1n) is 15.9. The van der Waals surface area contributed by atoms with E-state index in [2.05, 4.69) is 75.5 Å². The molecule has 46 heavy (non-hydrogen) atoms. The summed E-state index contributed by atoms with van der Waals surface area (Å²) in [5, 5.41) is 23.9. The predicted octanol–water partition coefficient (Wildman–Crippen LogP) is 8.22. The summed E-state index contributed by atoms with van der Waals surface area (Å²) in [4.78, 5) is 13.4. The van der Waals surface area contributed by atoms with E-state index in [-0.39, 0.29) is 22.1 Å². The largest absolute Gasteiger partial charge is 0.506 e. The molecular weight excluding hydrogens is 595 g/mol. The first-order chi connectivity index (χ1) is 22.0. The van der Waals surface area contributed by atoms with E-state index in [4.69, 9.17) is 17.0 Å². The average molecular weight is 638 g/mol. The molecule has 9 heteroatoms. The predicted molar refractivity (Wildman–Crippen MR) is 186 cm³/mol. The van der Waals surface area contributed by atoms with E-state index in [1.165, 1.54) is 15.8 Å². The van der Waals surface area contributed by atoms with Crippen LogP contribution in [0.2, 0.25) is 0 Å². The zero-order valence-electron chi connectivity index (χ0n) is 27.5. The van der Waals surface area contributed by atoms with Crippen molar-refractivity contribution in [3.63, 3.8) is 0 Å². The van der Waals surface area contributed by atoms with Gasteiger partial charge < -0.3 is 15.2 Å². The standard InChI is InChI=1S/C37H43N5O3S/c1-7-36(3,4)25-19-20-32(30(23-25)37(5,6)8-2)45-22-14-21-38-34(44)29-24-31(27-17-12-13-18-28(27)33(29)43)42-35(46)41(39-40-42)26-15-10-9-11-16-26/h9-13,15-20,23-24,43H,7-8,14,21-22H2,1-6H3,(H,38,44). The Hall–Kier alpha value is -4.50. The molecule has 0 aliphatic heterocycles. The molecule has 0 unspecified atom stereocenters. The highest BCUT2D eigenvalue weighted by Crippen LogP contribution is 2.38. The first-order valence-corrected chi connectivity index (χ1v) is 16.3. The van der Waals surface area contributed by atoms with Crippen LogP contribution < -0.4 is 10.1 Å². The van der Waals surface area contributed by atoms with E-state index >= 15 is 0 Å². The summed E-state index contributed by atoms with van der Waals surface area (Å²) in [5.74, 6) is 0.382. The number of ether oxygens (including phenoxy) is 1. The van der Waals surface area contributed by atoms with Gasteiger partial charge in [0.25, 0.3) is 5.91 Å². The Bertz CT molecular complexity index is 1910. The normalized spacial score (nSPS) is 12.0. The number of hydrogen-bond acceptors (Lipinski definition) is 6. The summed E-state index contributed by atoms with van der Waals surface area (Å²) >= 11 is 5.73. The molecule has 2 N–H and O–H groups in total. The molecule has 0 aliphatic rings. The van der Waals surface area contributed by atoms with Crippen LogP contribution in [-0.4, -0.2) is 44.0 Å². The fourth-order valence-electron chi connectivity index (χ4n) is 5.37. The lowest BCUT2D eigenvalue weighted by molar-refractivity contribution is 0.0949. The van der Waals surface area contributed by atoms with Gasteiger partial charge in [0.2, 0.25) is 4.77 Å². The molecule has 1 amide bonds. The van der Waals surface area contributed by atoms with Crippen LogP contribution in [0.25, 0.3) is 22.1 Å². The van der Waals surface area contributed by atoms with Gasteiger partial charge in [-0.05, 0) is 82.6 Å². The number of carbonyl (C=O) groups is 1. The zero-order valence-corrected chi connectivity index (χ0v) is 28.3. The van der Waals surface area contributed by atoms with Crippen molar-refractivity contribution in [3.8, 4) is 22.9 Å². The number of carbonyl (C=O) groups excluding carboxylic acids is 1. The fourth-order valence-corrected chi connectivity index (χ4v) is 5.65. The Labute approximate surface area is 276 Å². The number of tetrazole rings is 1. The summed E-state index contributed by atoms with van der Waals surface area (Å²) in [7, 11) is 0. The van der Waals surface area contributed by atoms with Crippen molar-refractivity contribution in [3.05, 3.63) is 100 Å². The average Bonchev–Trinajstić information content (AvgIpc) is 3.45. The number of hydrogen-bond donors (Lipinski definition) is 2. The second-order valence-corrected chi connectivity index (χ2v) is 13.3. The van der Waals surface area contributed by atoms with Gasteiger partial charge in [-0.1, -0.05) is 96.1 Å². The van der Waals surface area contributed by atoms with Crippen LogP contribution in [0.4, 0.5) is 0 Å². The van der Waals surface area contributed by atoms with E-state index in [1.807, 2.05) is 48.5 Å². The zero-order chi connectivity index (χ0) is 33.1. The van der Waals surface area contributed by atoms with Crippen LogP contribution in [-0.2, 0) is 10.8 Å². The smallest absolute Gasteiger partial charge is 0.255 e. The Kier molecular flexibility index (Phi) is 9.63. The van der Waals surface area contributed by atoms with Gasteiger partial charge in [0.1, 0.15) is 11.5 Å². The Balaban J connectivity index is 1.33. The summed E-state index contributed by atoms with van der Waals surface area (Å²) in [6, 6.07) is 25.0. The number of aromatic hydroxyl groups is 1. The summed E-state index contributed by atoms with van der Waals surface area (Å²) < 4.78 is 9.70. The maximum Gasteiger partial charge on any atom is 0.255 e. The number of rotatable bonds is 12. The van der Waals surface area contributed by atoms with Gasteiger partial charge in [-0.2, -0.15) is 9.36 Å². The van der Waals surface area contributed by atoms with Gasteiger partial charge in [-0.3, -0.25) is 4.79 Å². The molecule has 0 bridgehead atoms. The number of nitrogens with one attached hydrogen (secondary N) is 1. The number of nitrogens with zero attached hydrogens (tertiary/aromatic N) is 4. The van der Waals surface area contributed by atoms with Crippen LogP contribution in [0, 0.1) is 4.77 Å². The van der Waals surface area contributed by atoms with Gasteiger partial charge in [0.05, 0.1) is 23.5 Å². The molecule has 0 radical (unpaired) electrons. The van der Waals surface area contributed by atoms with Crippen LogP contribution in [0.1, 0.15) is 82.3 Å². The molecule has 0 aliphatic carbocycles. The second-order valence-electron chi connectivity index (χ2n) is 12.9. The number of benzene rings is 4. The monoisotopic (exact) mass is 637 g/mol. The lowest BCUT2D eigenvalue weighted by atomic mass is 9.76.